The van der Waals surface area contributed by atoms with Crippen molar-refractivity contribution in [2.45, 2.75) is 13.0 Å². The van der Waals surface area contributed by atoms with Crippen LogP contribution in [0.2, 0.25) is 0 Å². The highest BCUT2D eigenvalue weighted by atomic mass is 19.2. The molecule has 2 aromatic heterocycles. The van der Waals surface area contributed by atoms with Crippen LogP contribution in [0.4, 0.5) is 8.78 Å². The Hall–Kier alpha value is -2.27. The van der Waals surface area contributed by atoms with Crippen molar-refractivity contribution >= 4 is 11.0 Å². The molecule has 2 N–H and O–H groups in total. The molecule has 108 valence electrons. The number of nitrogens with two attached hydrogens (primary N) is 1. The van der Waals surface area contributed by atoms with Gasteiger partial charge < -0.3 is 10.3 Å². The van der Waals surface area contributed by atoms with Crippen LogP contribution in [-0.2, 0) is 13.0 Å². The van der Waals surface area contributed by atoms with Gasteiger partial charge in [-0.2, -0.15) is 0 Å². The fourth-order valence-corrected chi connectivity index (χ4v) is 2.52. The van der Waals surface area contributed by atoms with Crippen LogP contribution in [0.25, 0.3) is 11.0 Å². The van der Waals surface area contributed by atoms with Crippen molar-refractivity contribution in [1.82, 2.24) is 9.55 Å². The predicted molar refractivity (Wildman–Crippen MR) is 78.0 cm³/mol. The third kappa shape index (κ3) is 2.52. The second-order valence-corrected chi connectivity index (χ2v) is 4.91. The summed E-state index contributed by atoms with van der Waals surface area (Å²) in [5.74, 6) is -1.64. The van der Waals surface area contributed by atoms with Crippen LogP contribution < -0.4 is 5.73 Å². The summed E-state index contributed by atoms with van der Waals surface area (Å²) in [5.41, 5.74) is 7.74. The average molecular weight is 287 g/mol. The van der Waals surface area contributed by atoms with Gasteiger partial charge in [-0.3, -0.25) is 0 Å². The molecule has 0 unspecified atom stereocenters. The summed E-state index contributed by atoms with van der Waals surface area (Å²) >= 11 is 0. The van der Waals surface area contributed by atoms with Crippen molar-refractivity contribution in [2.24, 2.45) is 5.73 Å². The number of hydrogen-bond acceptors (Lipinski definition) is 2. The minimum Gasteiger partial charge on any atom is -0.330 e. The molecule has 3 nitrogen and oxygen atoms in total. The van der Waals surface area contributed by atoms with E-state index in [2.05, 4.69) is 4.98 Å². The summed E-state index contributed by atoms with van der Waals surface area (Å²) in [6.45, 7) is 0.768. The van der Waals surface area contributed by atoms with Crippen LogP contribution in [0.15, 0.2) is 42.7 Å². The summed E-state index contributed by atoms with van der Waals surface area (Å²) < 4.78 is 29.0. The minimum atomic E-state index is -0.834. The standard InChI is InChI=1S/C16H15F2N3/c17-14-5-1-3-12(15(14)18)10-21-9-11(6-7-19)13-4-2-8-20-16(13)21/h1-5,8-9H,6-7,10,19H2. The molecule has 3 aromatic rings. The number of aromatic nitrogens is 2. The molecule has 0 spiro atoms. The highest BCUT2D eigenvalue weighted by Gasteiger charge is 2.12. The molecule has 0 bridgehead atoms. The molecule has 3 rings (SSSR count). The van der Waals surface area contributed by atoms with E-state index < -0.39 is 11.6 Å². The van der Waals surface area contributed by atoms with Crippen molar-refractivity contribution in [3.63, 3.8) is 0 Å². The maximum absolute atomic E-state index is 13.8. The van der Waals surface area contributed by atoms with E-state index in [1.165, 1.54) is 6.07 Å². The molecule has 0 saturated carbocycles. The van der Waals surface area contributed by atoms with Crippen LogP contribution in [0.3, 0.4) is 0 Å². The van der Waals surface area contributed by atoms with Gasteiger partial charge in [0.25, 0.3) is 0 Å². The zero-order valence-corrected chi connectivity index (χ0v) is 11.4. The molecule has 5 heteroatoms. The van der Waals surface area contributed by atoms with Gasteiger partial charge >= 0.3 is 0 Å². The van der Waals surface area contributed by atoms with Gasteiger partial charge in [-0.15, -0.1) is 0 Å². The smallest absolute Gasteiger partial charge is 0.163 e. The van der Waals surface area contributed by atoms with E-state index in [0.29, 0.717) is 12.1 Å². The van der Waals surface area contributed by atoms with Gasteiger partial charge in [-0.25, -0.2) is 13.8 Å². The lowest BCUT2D eigenvalue weighted by molar-refractivity contribution is 0.496. The van der Waals surface area contributed by atoms with Crippen molar-refractivity contribution < 1.29 is 8.78 Å². The Balaban J connectivity index is 2.06. The fraction of sp³-hybridized carbons (Fsp3) is 0.188. The molecule has 21 heavy (non-hydrogen) atoms. The molecule has 0 saturated heterocycles. The number of pyridine rings is 1. The van der Waals surface area contributed by atoms with Gasteiger partial charge in [-0.1, -0.05) is 12.1 Å². The molecule has 0 atom stereocenters. The number of hydrogen-bond donors (Lipinski definition) is 1. The van der Waals surface area contributed by atoms with E-state index in [1.807, 2.05) is 22.9 Å². The summed E-state index contributed by atoms with van der Waals surface area (Å²) in [6, 6.07) is 8.02. The van der Waals surface area contributed by atoms with Crippen LogP contribution in [0, 0.1) is 11.6 Å². The first-order valence-electron chi connectivity index (χ1n) is 6.76. The number of rotatable bonds is 4. The highest BCUT2D eigenvalue weighted by Crippen LogP contribution is 2.22. The Kier molecular flexibility index (Phi) is 3.66. The number of halogens is 2. The first-order chi connectivity index (χ1) is 10.2. The molecule has 0 aliphatic carbocycles. The predicted octanol–water partition coefficient (Wildman–Crippen LogP) is 2.86. The van der Waals surface area contributed by atoms with E-state index >= 15 is 0 Å². The Morgan fingerprint density at radius 3 is 2.76 bits per heavy atom. The number of nitrogens with zero attached hydrogens (tertiary/aromatic N) is 2. The van der Waals surface area contributed by atoms with Crippen molar-refractivity contribution in [3.8, 4) is 0 Å². The van der Waals surface area contributed by atoms with Crippen molar-refractivity contribution in [2.75, 3.05) is 6.54 Å². The molecule has 0 aliphatic heterocycles. The van der Waals surface area contributed by atoms with Crippen LogP contribution in [-0.4, -0.2) is 16.1 Å². The van der Waals surface area contributed by atoms with Gasteiger partial charge in [0.05, 0.1) is 6.54 Å². The van der Waals surface area contributed by atoms with E-state index in [4.69, 9.17) is 5.73 Å². The lowest BCUT2D eigenvalue weighted by Crippen LogP contribution is -2.04. The summed E-state index contributed by atoms with van der Waals surface area (Å²) in [7, 11) is 0. The summed E-state index contributed by atoms with van der Waals surface area (Å²) in [4.78, 5) is 4.34. The molecule has 0 radical (unpaired) electrons. The minimum absolute atomic E-state index is 0.238. The van der Waals surface area contributed by atoms with Crippen molar-refractivity contribution in [3.05, 3.63) is 65.5 Å². The Bertz CT molecular complexity index is 780. The third-order valence-electron chi connectivity index (χ3n) is 3.50. The second kappa shape index (κ2) is 5.61. The van der Waals surface area contributed by atoms with E-state index in [9.17, 15) is 8.78 Å². The normalized spacial score (nSPS) is 11.2. The molecule has 0 fully saturated rings. The maximum atomic E-state index is 13.8. The highest BCUT2D eigenvalue weighted by molar-refractivity contribution is 5.80. The number of fused-ring (bicyclic) bond motifs is 1. The zero-order valence-electron chi connectivity index (χ0n) is 11.4. The lowest BCUT2D eigenvalue weighted by atomic mass is 10.2. The number of benzene rings is 1. The Labute approximate surface area is 121 Å². The van der Waals surface area contributed by atoms with Gasteiger partial charge in [0, 0.05) is 23.3 Å². The first kappa shape index (κ1) is 13.7. The summed E-state index contributed by atoms with van der Waals surface area (Å²) in [6.07, 6.45) is 4.32. The van der Waals surface area contributed by atoms with Crippen LogP contribution in [0.1, 0.15) is 11.1 Å². The van der Waals surface area contributed by atoms with E-state index in [-0.39, 0.29) is 6.54 Å². The zero-order chi connectivity index (χ0) is 14.8. The van der Waals surface area contributed by atoms with E-state index in [1.54, 1.807) is 12.3 Å². The quantitative estimate of drug-likeness (QED) is 0.802. The van der Waals surface area contributed by atoms with E-state index in [0.717, 1.165) is 29.1 Å². The molecule has 2 heterocycles. The van der Waals surface area contributed by atoms with Gasteiger partial charge in [0.1, 0.15) is 5.65 Å². The monoisotopic (exact) mass is 287 g/mol. The molecular formula is C16H15F2N3. The van der Waals surface area contributed by atoms with Crippen LogP contribution in [0.5, 0.6) is 0 Å². The molecule has 1 aromatic carbocycles. The lowest BCUT2D eigenvalue weighted by Gasteiger charge is -2.06. The Morgan fingerprint density at radius 2 is 1.95 bits per heavy atom. The molecule has 0 amide bonds. The molecule has 0 aliphatic rings. The van der Waals surface area contributed by atoms with Gasteiger partial charge in [0.15, 0.2) is 11.6 Å². The van der Waals surface area contributed by atoms with Gasteiger partial charge in [0.2, 0.25) is 0 Å². The van der Waals surface area contributed by atoms with Crippen LogP contribution >= 0.6 is 0 Å². The fourth-order valence-electron chi connectivity index (χ4n) is 2.52. The second-order valence-electron chi connectivity index (χ2n) is 4.91. The Morgan fingerprint density at radius 1 is 1.10 bits per heavy atom. The average Bonchev–Trinajstić information content (AvgIpc) is 2.83. The first-order valence-corrected chi connectivity index (χ1v) is 6.76. The molecular weight excluding hydrogens is 272 g/mol. The summed E-state index contributed by atoms with van der Waals surface area (Å²) in [5, 5.41) is 1.000. The maximum Gasteiger partial charge on any atom is 0.163 e. The SMILES string of the molecule is NCCc1cn(Cc2cccc(F)c2F)c2ncccc12. The topological polar surface area (TPSA) is 43.8 Å². The van der Waals surface area contributed by atoms with Crippen molar-refractivity contribution in [1.29, 1.82) is 0 Å². The van der Waals surface area contributed by atoms with Gasteiger partial charge in [-0.05, 0) is 36.7 Å². The third-order valence-corrected chi connectivity index (χ3v) is 3.50. The largest absolute Gasteiger partial charge is 0.330 e.